The molecule has 1 aliphatic rings. The number of nitrogen functional groups attached to an aromatic ring is 1. The summed E-state index contributed by atoms with van der Waals surface area (Å²) in [7, 11) is 1.59. The highest BCUT2D eigenvalue weighted by Gasteiger charge is 2.21. The molecule has 1 aromatic heterocycles. The first-order valence-corrected chi connectivity index (χ1v) is 7.11. The quantitative estimate of drug-likeness (QED) is 0.858. The third kappa shape index (κ3) is 2.81. The Bertz CT molecular complexity index is 720. The fraction of sp³-hybridized carbons (Fsp3) is 0.400. The Hall–Kier alpha value is -2.75. The number of likely N-dealkylation sites (tertiary alicyclic amines) is 1. The van der Waals surface area contributed by atoms with Gasteiger partial charge in [0.05, 0.1) is 12.6 Å². The minimum Gasteiger partial charge on any atom is -0.493 e. The van der Waals surface area contributed by atoms with Gasteiger partial charge in [0, 0.05) is 43.6 Å². The molecule has 0 bridgehead atoms. The molecule has 7 heteroatoms. The van der Waals surface area contributed by atoms with Crippen LogP contribution in [0.4, 0.5) is 5.95 Å². The highest BCUT2D eigenvalue weighted by Crippen LogP contribution is 2.33. The van der Waals surface area contributed by atoms with Crippen molar-refractivity contribution < 1.29 is 9.47 Å². The summed E-state index contributed by atoms with van der Waals surface area (Å²) in [5, 5.41) is 9.73. The van der Waals surface area contributed by atoms with Crippen LogP contribution in [0.15, 0.2) is 18.3 Å². The average Bonchev–Trinajstić information content (AvgIpc) is 2.55. The molecule has 0 radical (unpaired) electrons. The van der Waals surface area contributed by atoms with Crippen molar-refractivity contribution in [1.82, 2.24) is 14.9 Å². The molecule has 1 saturated heterocycles. The highest BCUT2D eigenvalue weighted by molar-refractivity contribution is 5.82. The molecule has 2 aromatic rings. The van der Waals surface area contributed by atoms with Gasteiger partial charge in [0.2, 0.25) is 5.95 Å². The maximum absolute atomic E-state index is 8.88. The van der Waals surface area contributed by atoms with Gasteiger partial charge in [-0.3, -0.25) is 0 Å². The van der Waals surface area contributed by atoms with Gasteiger partial charge in [0.1, 0.15) is 6.10 Å². The maximum Gasteiger partial charge on any atom is 0.220 e. The number of ether oxygens (including phenoxy) is 2. The van der Waals surface area contributed by atoms with E-state index in [0.717, 1.165) is 36.8 Å². The number of methoxy groups -OCH3 is 1. The lowest BCUT2D eigenvalue weighted by Gasteiger charge is -2.29. The van der Waals surface area contributed by atoms with Crippen molar-refractivity contribution >= 4 is 16.9 Å². The van der Waals surface area contributed by atoms with Crippen LogP contribution in [0.3, 0.4) is 0 Å². The average molecular weight is 299 g/mol. The van der Waals surface area contributed by atoms with Crippen LogP contribution in [-0.2, 0) is 0 Å². The highest BCUT2D eigenvalue weighted by atomic mass is 16.5. The van der Waals surface area contributed by atoms with Crippen LogP contribution >= 0.6 is 0 Å². The normalized spacial score (nSPS) is 15.5. The van der Waals surface area contributed by atoms with Gasteiger partial charge in [-0.25, -0.2) is 9.97 Å². The van der Waals surface area contributed by atoms with Gasteiger partial charge < -0.3 is 20.1 Å². The van der Waals surface area contributed by atoms with E-state index < -0.39 is 0 Å². The summed E-state index contributed by atoms with van der Waals surface area (Å²) in [5.74, 6) is 1.51. The minimum absolute atomic E-state index is 0.0747. The molecule has 7 nitrogen and oxygen atoms in total. The van der Waals surface area contributed by atoms with Crippen LogP contribution in [0, 0.1) is 11.5 Å². The van der Waals surface area contributed by atoms with E-state index in [-0.39, 0.29) is 12.1 Å². The predicted molar refractivity (Wildman–Crippen MR) is 81.3 cm³/mol. The molecule has 3 rings (SSSR count). The van der Waals surface area contributed by atoms with Crippen molar-refractivity contribution in [3.05, 3.63) is 18.3 Å². The van der Waals surface area contributed by atoms with E-state index in [0.29, 0.717) is 11.5 Å². The number of benzene rings is 1. The van der Waals surface area contributed by atoms with Gasteiger partial charge >= 0.3 is 0 Å². The number of nitrogens with zero attached hydrogens (tertiary/aromatic N) is 4. The van der Waals surface area contributed by atoms with E-state index >= 15 is 0 Å². The molecule has 2 heterocycles. The van der Waals surface area contributed by atoms with Crippen molar-refractivity contribution in [1.29, 1.82) is 5.26 Å². The Morgan fingerprint density at radius 2 is 2.09 bits per heavy atom. The molecule has 0 unspecified atom stereocenters. The standard InChI is InChI=1S/C15H17N5O2/c1-21-13-7-12-10(8-18-15(17)19-12)6-14(13)22-11-2-4-20(9-16)5-3-11/h6-8,11H,2-5H2,1H3,(H2,17,18,19). The van der Waals surface area contributed by atoms with Gasteiger partial charge in [-0.1, -0.05) is 0 Å². The molecule has 1 fully saturated rings. The smallest absolute Gasteiger partial charge is 0.220 e. The van der Waals surface area contributed by atoms with E-state index in [9.17, 15) is 0 Å². The van der Waals surface area contributed by atoms with Crippen LogP contribution < -0.4 is 15.2 Å². The van der Waals surface area contributed by atoms with Crippen LogP contribution in [-0.4, -0.2) is 41.2 Å². The van der Waals surface area contributed by atoms with Gasteiger partial charge in [-0.05, 0) is 6.07 Å². The maximum atomic E-state index is 8.88. The number of nitriles is 1. The monoisotopic (exact) mass is 299 g/mol. The summed E-state index contributed by atoms with van der Waals surface area (Å²) >= 11 is 0. The second-order valence-corrected chi connectivity index (χ2v) is 5.19. The summed E-state index contributed by atoms with van der Waals surface area (Å²) in [6.45, 7) is 1.44. The van der Waals surface area contributed by atoms with E-state index in [1.165, 1.54) is 0 Å². The van der Waals surface area contributed by atoms with E-state index in [2.05, 4.69) is 16.2 Å². The third-order valence-corrected chi connectivity index (χ3v) is 3.76. The zero-order valence-corrected chi connectivity index (χ0v) is 12.3. The summed E-state index contributed by atoms with van der Waals surface area (Å²) in [5.41, 5.74) is 6.32. The van der Waals surface area contributed by atoms with Gasteiger partial charge in [-0.15, -0.1) is 0 Å². The van der Waals surface area contributed by atoms with Gasteiger partial charge in [0.25, 0.3) is 0 Å². The molecule has 1 aromatic carbocycles. The first kappa shape index (κ1) is 14.2. The van der Waals surface area contributed by atoms with Crippen LogP contribution in [0.2, 0.25) is 0 Å². The minimum atomic E-state index is 0.0747. The fourth-order valence-corrected chi connectivity index (χ4v) is 2.56. The van der Waals surface area contributed by atoms with E-state index in [1.54, 1.807) is 24.3 Å². The van der Waals surface area contributed by atoms with Crippen LogP contribution in [0.5, 0.6) is 11.5 Å². The SMILES string of the molecule is COc1cc2nc(N)ncc2cc1OC1CCN(C#N)CC1. The third-order valence-electron chi connectivity index (χ3n) is 3.76. The first-order valence-electron chi connectivity index (χ1n) is 7.11. The lowest BCUT2D eigenvalue weighted by atomic mass is 10.1. The van der Waals surface area contributed by atoms with Crippen LogP contribution in [0.1, 0.15) is 12.8 Å². The van der Waals surface area contributed by atoms with Crippen molar-refractivity contribution in [2.24, 2.45) is 0 Å². The molecule has 0 aliphatic carbocycles. The Morgan fingerprint density at radius 1 is 1.32 bits per heavy atom. The fourth-order valence-electron chi connectivity index (χ4n) is 2.56. The largest absolute Gasteiger partial charge is 0.493 e. The first-order chi connectivity index (χ1) is 10.7. The van der Waals surface area contributed by atoms with Gasteiger partial charge in [0.15, 0.2) is 17.7 Å². The molecule has 0 atom stereocenters. The molecular weight excluding hydrogens is 282 g/mol. The number of hydrogen-bond donors (Lipinski definition) is 1. The topological polar surface area (TPSA) is 97.3 Å². The van der Waals surface area contributed by atoms with Crippen molar-refractivity contribution in [3.8, 4) is 17.7 Å². The number of rotatable bonds is 3. The van der Waals surface area contributed by atoms with Crippen molar-refractivity contribution in [2.75, 3.05) is 25.9 Å². The zero-order chi connectivity index (χ0) is 15.5. The number of nitrogens with two attached hydrogens (primary N) is 1. The van der Waals surface area contributed by atoms with E-state index in [1.807, 2.05) is 6.07 Å². The van der Waals surface area contributed by atoms with Crippen LogP contribution in [0.25, 0.3) is 10.9 Å². The lowest BCUT2D eigenvalue weighted by molar-refractivity contribution is 0.123. The summed E-state index contributed by atoms with van der Waals surface area (Å²) < 4.78 is 11.4. The molecule has 1 aliphatic heterocycles. The summed E-state index contributed by atoms with van der Waals surface area (Å²) in [4.78, 5) is 9.93. The lowest BCUT2D eigenvalue weighted by Crippen LogP contribution is -2.35. The van der Waals surface area contributed by atoms with E-state index in [4.69, 9.17) is 20.5 Å². The molecule has 0 amide bonds. The Morgan fingerprint density at radius 3 is 2.77 bits per heavy atom. The summed E-state index contributed by atoms with van der Waals surface area (Å²) in [6.07, 6.45) is 5.53. The Kier molecular flexibility index (Phi) is 3.83. The molecule has 22 heavy (non-hydrogen) atoms. The zero-order valence-electron chi connectivity index (χ0n) is 12.3. The second kappa shape index (κ2) is 5.93. The summed E-state index contributed by atoms with van der Waals surface area (Å²) in [6, 6.07) is 3.66. The van der Waals surface area contributed by atoms with Gasteiger partial charge in [-0.2, -0.15) is 5.26 Å². The number of aromatic nitrogens is 2. The molecule has 0 saturated carbocycles. The van der Waals surface area contributed by atoms with Crippen molar-refractivity contribution in [3.63, 3.8) is 0 Å². The van der Waals surface area contributed by atoms with Crippen molar-refractivity contribution in [2.45, 2.75) is 18.9 Å². The second-order valence-electron chi connectivity index (χ2n) is 5.19. The molecule has 114 valence electrons. The predicted octanol–water partition coefficient (Wildman–Crippen LogP) is 1.54. The Labute approximate surface area is 128 Å². The molecule has 0 spiro atoms. The number of hydrogen-bond acceptors (Lipinski definition) is 7. The number of anilines is 1. The molecular formula is C15H17N5O2. The number of fused-ring (bicyclic) bond motifs is 1. The Balaban J connectivity index is 1.84. The molecule has 2 N–H and O–H groups in total. The number of piperidine rings is 1.